The fourth-order valence-electron chi connectivity index (χ4n) is 1.81. The van der Waals surface area contributed by atoms with Crippen LogP contribution in [-0.2, 0) is 10.0 Å². The van der Waals surface area contributed by atoms with E-state index in [1.54, 1.807) is 43.3 Å². The van der Waals surface area contributed by atoms with Gasteiger partial charge < -0.3 is 10.5 Å². The molecule has 0 aliphatic rings. The molecular weight excluding hydrogens is 356 g/mol. The summed E-state index contributed by atoms with van der Waals surface area (Å²) in [5, 5.41) is 0. The van der Waals surface area contributed by atoms with Gasteiger partial charge in [-0.25, -0.2) is 8.42 Å². The van der Waals surface area contributed by atoms with Crippen molar-refractivity contribution in [3.63, 3.8) is 0 Å². The van der Waals surface area contributed by atoms with Gasteiger partial charge in [-0.15, -0.1) is 0 Å². The molecule has 2 rings (SSSR count). The highest BCUT2D eigenvalue weighted by atomic mass is 79.9. The number of hydrogen-bond donors (Lipinski definition) is 2. The Labute approximate surface area is 132 Å². The van der Waals surface area contributed by atoms with Gasteiger partial charge in [-0.2, -0.15) is 0 Å². The fraction of sp³-hybridized carbons (Fsp3) is 0.143. The van der Waals surface area contributed by atoms with E-state index >= 15 is 0 Å². The van der Waals surface area contributed by atoms with Crippen molar-refractivity contribution < 1.29 is 13.2 Å². The summed E-state index contributed by atoms with van der Waals surface area (Å²) in [6.07, 6.45) is 0. The Balaban J connectivity index is 2.44. The molecule has 3 N–H and O–H groups in total. The molecule has 0 amide bonds. The standard InChI is InChI=1S/C14H15BrN2O3S/c1-9-3-4-10(15)7-14(9)21(18,19)17-13-8-11(20-2)5-6-12(13)16/h3-8,17H,16H2,1-2H3. The van der Waals surface area contributed by atoms with Crippen molar-refractivity contribution >= 4 is 37.3 Å². The second-order valence-corrected chi connectivity index (χ2v) is 7.03. The summed E-state index contributed by atoms with van der Waals surface area (Å²) in [7, 11) is -2.23. The lowest BCUT2D eigenvalue weighted by Gasteiger charge is -2.13. The Kier molecular flexibility index (Phi) is 4.43. The minimum absolute atomic E-state index is 0.194. The molecule has 0 saturated heterocycles. The number of rotatable bonds is 4. The average molecular weight is 371 g/mol. The third-order valence-corrected chi connectivity index (χ3v) is 4.95. The summed E-state index contributed by atoms with van der Waals surface area (Å²) in [4.78, 5) is 0.194. The lowest BCUT2D eigenvalue weighted by molar-refractivity contribution is 0.415. The quantitative estimate of drug-likeness (QED) is 0.809. The van der Waals surface area contributed by atoms with Crippen LogP contribution in [0, 0.1) is 6.92 Å². The first-order valence-electron chi connectivity index (χ1n) is 6.06. The first kappa shape index (κ1) is 15.7. The van der Waals surface area contributed by atoms with Crippen LogP contribution < -0.4 is 15.2 Å². The maximum absolute atomic E-state index is 12.5. The highest BCUT2D eigenvalue weighted by Gasteiger charge is 2.18. The molecule has 0 spiro atoms. The zero-order chi connectivity index (χ0) is 15.6. The van der Waals surface area contributed by atoms with E-state index in [0.29, 0.717) is 21.5 Å². The summed E-state index contributed by atoms with van der Waals surface area (Å²) in [6, 6.07) is 9.86. The van der Waals surface area contributed by atoms with Gasteiger partial charge in [-0.1, -0.05) is 22.0 Å². The summed E-state index contributed by atoms with van der Waals surface area (Å²) in [6.45, 7) is 1.73. The highest BCUT2D eigenvalue weighted by Crippen LogP contribution is 2.28. The first-order valence-corrected chi connectivity index (χ1v) is 8.33. The van der Waals surface area contributed by atoms with Gasteiger partial charge in [0.2, 0.25) is 0 Å². The molecule has 0 aromatic heterocycles. The minimum Gasteiger partial charge on any atom is -0.497 e. The van der Waals surface area contributed by atoms with Gasteiger partial charge in [-0.05, 0) is 36.8 Å². The van der Waals surface area contributed by atoms with Crippen LogP contribution in [0.5, 0.6) is 5.75 Å². The number of hydrogen-bond acceptors (Lipinski definition) is 4. The molecule has 0 radical (unpaired) electrons. The molecule has 5 nitrogen and oxygen atoms in total. The van der Waals surface area contributed by atoms with Crippen LogP contribution in [0.1, 0.15) is 5.56 Å². The maximum Gasteiger partial charge on any atom is 0.262 e. The number of nitrogens with two attached hydrogens (primary N) is 1. The van der Waals surface area contributed by atoms with E-state index < -0.39 is 10.0 Å². The van der Waals surface area contributed by atoms with Crippen LogP contribution in [0.3, 0.4) is 0 Å². The second kappa shape index (κ2) is 5.95. The first-order chi connectivity index (χ1) is 9.83. The van der Waals surface area contributed by atoms with Crippen molar-refractivity contribution in [2.24, 2.45) is 0 Å². The van der Waals surface area contributed by atoms with E-state index in [4.69, 9.17) is 10.5 Å². The molecule has 0 aliphatic carbocycles. The molecule has 0 bridgehead atoms. The lowest BCUT2D eigenvalue weighted by atomic mass is 10.2. The van der Waals surface area contributed by atoms with Crippen molar-refractivity contribution in [2.75, 3.05) is 17.6 Å². The van der Waals surface area contributed by atoms with E-state index in [9.17, 15) is 8.42 Å². The van der Waals surface area contributed by atoms with Gasteiger partial charge in [0.05, 0.1) is 23.4 Å². The number of methoxy groups -OCH3 is 1. The lowest BCUT2D eigenvalue weighted by Crippen LogP contribution is -2.15. The summed E-state index contributed by atoms with van der Waals surface area (Å²) in [5.41, 5.74) is 7.06. The molecule has 2 aromatic rings. The number of ether oxygens (including phenoxy) is 1. The Morgan fingerprint density at radius 2 is 1.90 bits per heavy atom. The van der Waals surface area contributed by atoms with E-state index in [1.165, 1.54) is 7.11 Å². The van der Waals surface area contributed by atoms with Crippen LogP contribution in [0.15, 0.2) is 45.8 Å². The number of sulfonamides is 1. The Bertz CT molecular complexity index is 776. The third-order valence-electron chi connectivity index (χ3n) is 2.94. The molecule has 0 unspecified atom stereocenters. The molecule has 21 heavy (non-hydrogen) atoms. The predicted octanol–water partition coefficient (Wildman–Crippen LogP) is 3.15. The topological polar surface area (TPSA) is 81.4 Å². The van der Waals surface area contributed by atoms with E-state index in [1.807, 2.05) is 0 Å². The largest absolute Gasteiger partial charge is 0.497 e. The van der Waals surface area contributed by atoms with Crippen LogP contribution in [0.25, 0.3) is 0 Å². The summed E-state index contributed by atoms with van der Waals surface area (Å²) >= 11 is 3.27. The Morgan fingerprint density at radius 3 is 2.57 bits per heavy atom. The molecule has 112 valence electrons. The van der Waals surface area contributed by atoms with Crippen molar-refractivity contribution in [1.82, 2.24) is 0 Å². The Hall–Kier alpha value is -1.73. The molecule has 0 fully saturated rings. The number of anilines is 2. The van der Waals surface area contributed by atoms with Crippen LogP contribution >= 0.6 is 15.9 Å². The molecule has 0 aliphatic heterocycles. The van der Waals surface area contributed by atoms with Gasteiger partial charge in [-0.3, -0.25) is 4.72 Å². The number of nitrogen functional groups attached to an aromatic ring is 1. The summed E-state index contributed by atoms with van der Waals surface area (Å²) < 4.78 is 33.3. The summed E-state index contributed by atoms with van der Waals surface area (Å²) in [5.74, 6) is 0.521. The Morgan fingerprint density at radius 1 is 1.19 bits per heavy atom. The normalized spacial score (nSPS) is 11.2. The second-order valence-electron chi connectivity index (χ2n) is 4.47. The SMILES string of the molecule is COc1ccc(N)c(NS(=O)(=O)c2cc(Br)ccc2C)c1. The van der Waals surface area contributed by atoms with Crippen molar-refractivity contribution in [3.05, 3.63) is 46.4 Å². The van der Waals surface area contributed by atoms with E-state index in [2.05, 4.69) is 20.7 Å². The number of halogens is 1. The fourth-order valence-corrected chi connectivity index (χ4v) is 3.68. The van der Waals surface area contributed by atoms with Gasteiger partial charge >= 0.3 is 0 Å². The van der Waals surface area contributed by atoms with Crippen LogP contribution in [0.4, 0.5) is 11.4 Å². The molecule has 0 atom stereocenters. The van der Waals surface area contributed by atoms with Crippen molar-refractivity contribution in [3.8, 4) is 5.75 Å². The monoisotopic (exact) mass is 370 g/mol. The molecule has 2 aromatic carbocycles. The molecule has 7 heteroatoms. The number of aryl methyl sites for hydroxylation is 1. The number of nitrogens with one attached hydrogen (secondary N) is 1. The van der Waals surface area contributed by atoms with Crippen LogP contribution in [0.2, 0.25) is 0 Å². The molecule has 0 saturated carbocycles. The van der Waals surface area contributed by atoms with E-state index in [-0.39, 0.29) is 10.6 Å². The van der Waals surface area contributed by atoms with Gasteiger partial charge in [0, 0.05) is 10.5 Å². The molecular formula is C14H15BrN2O3S. The van der Waals surface area contributed by atoms with Gasteiger partial charge in [0.25, 0.3) is 10.0 Å². The highest BCUT2D eigenvalue weighted by molar-refractivity contribution is 9.10. The van der Waals surface area contributed by atoms with E-state index in [0.717, 1.165) is 0 Å². The number of benzene rings is 2. The van der Waals surface area contributed by atoms with Gasteiger partial charge in [0.1, 0.15) is 5.75 Å². The van der Waals surface area contributed by atoms with Crippen molar-refractivity contribution in [1.29, 1.82) is 0 Å². The average Bonchev–Trinajstić information content (AvgIpc) is 2.43. The third kappa shape index (κ3) is 3.48. The predicted molar refractivity (Wildman–Crippen MR) is 87.1 cm³/mol. The zero-order valence-electron chi connectivity index (χ0n) is 11.6. The minimum atomic E-state index is -3.73. The maximum atomic E-state index is 12.5. The zero-order valence-corrected chi connectivity index (χ0v) is 14.0. The van der Waals surface area contributed by atoms with Gasteiger partial charge in [0.15, 0.2) is 0 Å². The molecule has 0 heterocycles. The smallest absolute Gasteiger partial charge is 0.262 e. The van der Waals surface area contributed by atoms with Crippen LogP contribution in [-0.4, -0.2) is 15.5 Å². The van der Waals surface area contributed by atoms with Crippen molar-refractivity contribution in [2.45, 2.75) is 11.8 Å².